The summed E-state index contributed by atoms with van der Waals surface area (Å²) in [7, 11) is 0. The summed E-state index contributed by atoms with van der Waals surface area (Å²) in [5.74, 6) is 1.00. The highest BCUT2D eigenvalue weighted by molar-refractivity contribution is 6.31. The summed E-state index contributed by atoms with van der Waals surface area (Å²) in [6.45, 7) is 14.4. The van der Waals surface area contributed by atoms with Crippen molar-refractivity contribution in [2.24, 2.45) is 15.7 Å². The molecular weight excluding hydrogens is 558 g/mol. The predicted molar refractivity (Wildman–Crippen MR) is 167 cm³/mol. The molecule has 0 aliphatic carbocycles. The van der Waals surface area contributed by atoms with Gasteiger partial charge in [0.2, 0.25) is 0 Å². The summed E-state index contributed by atoms with van der Waals surface area (Å²) in [5.41, 5.74) is 1.11. The average Bonchev–Trinajstić information content (AvgIpc) is 3.39. The van der Waals surface area contributed by atoms with Crippen LogP contribution in [0.15, 0.2) is 63.3 Å². The zero-order chi connectivity index (χ0) is 31.1. The molecule has 42 heavy (non-hydrogen) atoms. The lowest BCUT2D eigenvalue weighted by atomic mass is 9.86. The van der Waals surface area contributed by atoms with E-state index in [0.29, 0.717) is 47.6 Å². The Hall–Kier alpha value is -3.60. The van der Waals surface area contributed by atoms with Crippen LogP contribution in [0.1, 0.15) is 48.5 Å². The number of hydrogen-bond donors (Lipinski definition) is 5. The number of fused-ring (bicyclic) bond motifs is 1. The maximum Gasteiger partial charge on any atom is 0.257 e. The number of nitrogens with one attached hydrogen (secondary N) is 3. The molecule has 228 valence electrons. The summed E-state index contributed by atoms with van der Waals surface area (Å²) in [6.07, 6.45) is 0. The van der Waals surface area contributed by atoms with Gasteiger partial charge < -0.3 is 35.5 Å². The minimum Gasteiger partial charge on any atom is -0.484 e. The Morgan fingerprint density at radius 1 is 0.881 bits per heavy atom. The van der Waals surface area contributed by atoms with Crippen LogP contribution in [0.2, 0.25) is 5.02 Å². The number of hydrogen-bond acceptors (Lipinski definition) is 9. The van der Waals surface area contributed by atoms with Crippen molar-refractivity contribution in [3.63, 3.8) is 0 Å². The molecule has 0 saturated carbocycles. The molecule has 1 aromatic heterocycles. The van der Waals surface area contributed by atoms with Crippen LogP contribution in [-0.4, -0.2) is 65.1 Å². The van der Waals surface area contributed by atoms with Gasteiger partial charge in [-0.1, -0.05) is 28.8 Å². The number of ether oxygens (including phenoxy) is 1. The summed E-state index contributed by atoms with van der Waals surface area (Å²) < 4.78 is 11.7. The van der Waals surface area contributed by atoms with Crippen LogP contribution < -0.4 is 20.7 Å². The third kappa shape index (κ3) is 8.70. The van der Waals surface area contributed by atoms with E-state index in [1.165, 1.54) is 0 Å². The second kappa shape index (κ2) is 13.6. The van der Waals surface area contributed by atoms with E-state index in [1.807, 2.05) is 65.0 Å². The number of benzene rings is 2. The quantitative estimate of drug-likeness (QED) is 0.0910. The van der Waals surface area contributed by atoms with Crippen molar-refractivity contribution in [3.8, 4) is 17.1 Å². The topological polar surface area (TPSA) is 141 Å². The van der Waals surface area contributed by atoms with Crippen LogP contribution in [0.5, 0.6) is 5.75 Å². The molecule has 0 radical (unpaired) electrons. The molecule has 0 unspecified atom stereocenters. The molecule has 0 saturated heterocycles. The first kappa shape index (κ1) is 32.9. The van der Waals surface area contributed by atoms with Crippen LogP contribution in [0.3, 0.4) is 0 Å². The molecule has 0 aliphatic heterocycles. The minimum atomic E-state index is -0.567. The average molecular weight is 600 g/mol. The van der Waals surface area contributed by atoms with Crippen molar-refractivity contribution in [1.29, 1.82) is 0 Å². The number of carbonyl (C=O) groups is 1. The SMILES string of the molecule is C/C(=N\O)C(C)(C)NCC(C)(CNC(=O)COc1ccc(-c2cc3cc(Cl)ccc3o2)cc1)CNC(C)(C)/C(C)=N/O. The highest BCUT2D eigenvalue weighted by Crippen LogP contribution is 2.30. The highest BCUT2D eigenvalue weighted by Gasteiger charge is 2.32. The van der Waals surface area contributed by atoms with E-state index < -0.39 is 16.5 Å². The molecule has 0 atom stereocenters. The highest BCUT2D eigenvalue weighted by atomic mass is 35.5. The second-order valence-corrected chi connectivity index (χ2v) is 12.5. The van der Waals surface area contributed by atoms with Crippen LogP contribution in [0.4, 0.5) is 0 Å². The van der Waals surface area contributed by atoms with Crippen molar-refractivity contribution >= 4 is 39.9 Å². The minimum absolute atomic E-state index is 0.150. The number of halogens is 1. The van der Waals surface area contributed by atoms with Gasteiger partial charge >= 0.3 is 0 Å². The van der Waals surface area contributed by atoms with Crippen molar-refractivity contribution in [2.45, 2.75) is 59.5 Å². The fourth-order valence-electron chi connectivity index (χ4n) is 3.95. The van der Waals surface area contributed by atoms with E-state index in [4.69, 9.17) is 20.8 Å². The zero-order valence-corrected chi connectivity index (χ0v) is 26.1. The molecule has 3 aromatic rings. The van der Waals surface area contributed by atoms with E-state index in [1.54, 1.807) is 32.0 Å². The molecule has 0 spiro atoms. The lowest BCUT2D eigenvalue weighted by Crippen LogP contribution is -2.57. The number of nitrogens with zero attached hydrogens (tertiary/aromatic N) is 2. The normalized spacial score (nSPS) is 14.6. The van der Waals surface area contributed by atoms with E-state index in [0.717, 1.165) is 16.5 Å². The first-order valence-corrected chi connectivity index (χ1v) is 14.1. The van der Waals surface area contributed by atoms with Gasteiger partial charge in [0.15, 0.2) is 6.61 Å². The third-order valence-electron chi connectivity index (χ3n) is 7.72. The molecule has 3 rings (SSSR count). The monoisotopic (exact) mass is 599 g/mol. The fourth-order valence-corrected chi connectivity index (χ4v) is 4.13. The summed E-state index contributed by atoms with van der Waals surface area (Å²) in [6, 6.07) is 14.8. The van der Waals surface area contributed by atoms with Gasteiger partial charge in [-0.2, -0.15) is 0 Å². The van der Waals surface area contributed by atoms with E-state index in [9.17, 15) is 15.2 Å². The standard InChI is InChI=1S/C31H42ClN5O5/c1-20(36-39)29(3,4)34-18-31(7,19-35-30(5,6)21(2)37-40)17-33-28(38)16-41-25-11-8-22(9-12-25)27-15-23-14-24(32)10-13-26(23)42-27/h8-15,34-35,39-40H,16-19H2,1-7H3,(H,33,38)/b36-20+,37-21+. The Kier molecular flexibility index (Phi) is 10.6. The van der Waals surface area contributed by atoms with Crippen molar-refractivity contribution in [1.82, 2.24) is 16.0 Å². The van der Waals surface area contributed by atoms with Gasteiger partial charge in [-0.15, -0.1) is 0 Å². The van der Waals surface area contributed by atoms with E-state index in [-0.39, 0.29) is 12.5 Å². The lowest BCUT2D eigenvalue weighted by Gasteiger charge is -2.38. The summed E-state index contributed by atoms with van der Waals surface area (Å²) in [4.78, 5) is 12.8. The number of oxime groups is 2. The zero-order valence-electron chi connectivity index (χ0n) is 25.3. The molecule has 0 bridgehead atoms. The van der Waals surface area contributed by atoms with Crippen LogP contribution in [0, 0.1) is 5.41 Å². The smallest absolute Gasteiger partial charge is 0.257 e. The van der Waals surface area contributed by atoms with Crippen molar-refractivity contribution < 1.29 is 24.4 Å². The number of carbonyl (C=O) groups excluding carboxylic acids is 1. The van der Waals surface area contributed by atoms with Gasteiger partial charge in [0, 0.05) is 41.0 Å². The van der Waals surface area contributed by atoms with Gasteiger partial charge in [0.25, 0.3) is 5.91 Å². The largest absolute Gasteiger partial charge is 0.484 e. The molecule has 11 heteroatoms. The van der Waals surface area contributed by atoms with Gasteiger partial charge in [0.1, 0.15) is 17.1 Å². The molecule has 10 nitrogen and oxygen atoms in total. The Labute approximate surface area is 252 Å². The van der Waals surface area contributed by atoms with E-state index >= 15 is 0 Å². The Balaban J connectivity index is 1.60. The summed E-state index contributed by atoms with van der Waals surface area (Å²) in [5, 5.41) is 36.6. The maximum atomic E-state index is 12.8. The number of rotatable bonds is 14. The van der Waals surface area contributed by atoms with Crippen molar-refractivity contribution in [3.05, 3.63) is 53.6 Å². The van der Waals surface area contributed by atoms with Gasteiger partial charge in [0.05, 0.1) is 22.5 Å². The second-order valence-electron chi connectivity index (χ2n) is 12.0. The number of furan rings is 1. The van der Waals surface area contributed by atoms with Gasteiger partial charge in [-0.05, 0) is 90.1 Å². The van der Waals surface area contributed by atoms with Gasteiger partial charge in [-0.3, -0.25) is 4.79 Å². The molecule has 5 N–H and O–H groups in total. The van der Waals surface area contributed by atoms with Gasteiger partial charge in [-0.25, -0.2) is 0 Å². The Morgan fingerprint density at radius 2 is 1.45 bits per heavy atom. The first-order chi connectivity index (χ1) is 19.7. The predicted octanol–water partition coefficient (Wildman–Crippen LogP) is 5.69. The number of amides is 1. The van der Waals surface area contributed by atoms with Crippen LogP contribution in [-0.2, 0) is 4.79 Å². The molecule has 0 fully saturated rings. The molecule has 2 aromatic carbocycles. The van der Waals surface area contributed by atoms with Crippen molar-refractivity contribution in [2.75, 3.05) is 26.2 Å². The molecule has 1 amide bonds. The maximum absolute atomic E-state index is 12.8. The Bertz CT molecular complexity index is 1400. The molecular formula is C31H42ClN5O5. The summed E-state index contributed by atoms with van der Waals surface area (Å²) >= 11 is 6.08. The lowest BCUT2D eigenvalue weighted by molar-refractivity contribution is -0.123. The third-order valence-corrected chi connectivity index (χ3v) is 7.96. The van der Waals surface area contributed by atoms with Crippen LogP contribution in [0.25, 0.3) is 22.3 Å². The fraction of sp³-hybridized carbons (Fsp3) is 0.452. The molecule has 1 heterocycles. The molecule has 0 aliphatic rings. The first-order valence-electron chi connectivity index (χ1n) is 13.8. The Morgan fingerprint density at radius 3 is 2.00 bits per heavy atom. The van der Waals surface area contributed by atoms with Crippen LogP contribution >= 0.6 is 11.6 Å². The van der Waals surface area contributed by atoms with E-state index in [2.05, 4.69) is 26.3 Å².